The van der Waals surface area contributed by atoms with E-state index in [1.165, 1.54) is 6.08 Å². The molecule has 0 aliphatic rings. The van der Waals surface area contributed by atoms with Gasteiger partial charge in [0.05, 0.1) is 0 Å². The highest BCUT2D eigenvalue weighted by Gasteiger charge is 2.08. The summed E-state index contributed by atoms with van der Waals surface area (Å²) in [5.41, 5.74) is 3.45. The molecule has 0 aliphatic heterocycles. The number of hydrogen-bond donors (Lipinski definition) is 2. The SMILES string of the molecule is Cc1ccc(-c2ccc(/C=C/C(=O)NC(=S)Nc3cccc(Cl)c3C)o2)cc1Cl. The van der Waals surface area contributed by atoms with Gasteiger partial charge in [0, 0.05) is 27.4 Å². The summed E-state index contributed by atoms with van der Waals surface area (Å²) in [5, 5.41) is 7.02. The molecule has 1 heterocycles. The van der Waals surface area contributed by atoms with Gasteiger partial charge in [-0.3, -0.25) is 10.1 Å². The molecule has 0 saturated heterocycles. The number of carbonyl (C=O) groups excluding carboxylic acids is 1. The third-order valence-corrected chi connectivity index (χ3v) is 5.26. The van der Waals surface area contributed by atoms with Crippen LogP contribution in [0.2, 0.25) is 10.0 Å². The monoisotopic (exact) mass is 444 g/mol. The minimum atomic E-state index is -0.376. The van der Waals surface area contributed by atoms with E-state index in [1.807, 2.05) is 44.2 Å². The van der Waals surface area contributed by atoms with Gasteiger partial charge in [-0.05, 0) is 73.6 Å². The number of hydrogen-bond acceptors (Lipinski definition) is 3. The van der Waals surface area contributed by atoms with E-state index in [-0.39, 0.29) is 11.0 Å². The standard InChI is InChI=1S/C22H18Cl2N2O2S/c1-13-6-7-15(12-18(13)24)20-10-8-16(28-20)9-11-21(27)26-22(29)25-19-5-3-4-17(23)14(19)2/h3-12H,1-2H3,(H2,25,26,27,29)/b11-9+. The zero-order chi connectivity index (χ0) is 21.0. The first kappa shape index (κ1) is 21.1. The second-order valence-corrected chi connectivity index (χ2v) is 7.58. The molecule has 0 bridgehead atoms. The topological polar surface area (TPSA) is 54.3 Å². The Kier molecular flexibility index (Phi) is 6.75. The van der Waals surface area contributed by atoms with Crippen molar-refractivity contribution in [3.63, 3.8) is 0 Å². The molecule has 0 aliphatic carbocycles. The Labute approximate surface area is 184 Å². The van der Waals surface area contributed by atoms with Crippen molar-refractivity contribution in [2.24, 2.45) is 0 Å². The predicted molar refractivity (Wildman–Crippen MR) is 123 cm³/mol. The van der Waals surface area contributed by atoms with Crippen LogP contribution in [0.5, 0.6) is 0 Å². The van der Waals surface area contributed by atoms with Gasteiger partial charge in [0.25, 0.3) is 0 Å². The van der Waals surface area contributed by atoms with Crippen LogP contribution in [-0.2, 0) is 4.79 Å². The molecular weight excluding hydrogens is 427 g/mol. The van der Waals surface area contributed by atoms with Crippen LogP contribution in [0.15, 0.2) is 59.0 Å². The maximum absolute atomic E-state index is 12.1. The van der Waals surface area contributed by atoms with Gasteiger partial charge in [-0.1, -0.05) is 41.4 Å². The molecule has 3 aromatic rings. The predicted octanol–water partition coefficient (Wildman–Crippen LogP) is 6.40. The summed E-state index contributed by atoms with van der Waals surface area (Å²) in [5.74, 6) is 0.829. The Morgan fingerprint density at radius 3 is 2.62 bits per heavy atom. The van der Waals surface area contributed by atoms with E-state index >= 15 is 0 Å². The van der Waals surface area contributed by atoms with Gasteiger partial charge in [-0.25, -0.2) is 0 Å². The second kappa shape index (κ2) is 9.27. The zero-order valence-corrected chi connectivity index (χ0v) is 18.1. The second-order valence-electron chi connectivity index (χ2n) is 6.36. The van der Waals surface area contributed by atoms with E-state index in [0.717, 1.165) is 22.4 Å². The van der Waals surface area contributed by atoms with E-state index < -0.39 is 0 Å². The van der Waals surface area contributed by atoms with Gasteiger partial charge in [-0.15, -0.1) is 0 Å². The van der Waals surface area contributed by atoms with Gasteiger partial charge in [0.2, 0.25) is 5.91 Å². The maximum atomic E-state index is 12.1. The molecule has 0 saturated carbocycles. The van der Waals surface area contributed by atoms with Crippen LogP contribution >= 0.6 is 35.4 Å². The summed E-state index contributed by atoms with van der Waals surface area (Å²) >= 11 is 17.4. The van der Waals surface area contributed by atoms with E-state index in [2.05, 4.69) is 10.6 Å². The van der Waals surface area contributed by atoms with E-state index in [0.29, 0.717) is 21.6 Å². The molecule has 1 amide bonds. The number of aryl methyl sites for hydroxylation is 1. The highest BCUT2D eigenvalue weighted by molar-refractivity contribution is 7.80. The molecule has 4 nitrogen and oxygen atoms in total. The average Bonchev–Trinajstić information content (AvgIpc) is 3.15. The highest BCUT2D eigenvalue weighted by atomic mass is 35.5. The molecule has 2 N–H and O–H groups in total. The number of anilines is 1. The van der Waals surface area contributed by atoms with Gasteiger partial charge >= 0.3 is 0 Å². The minimum absolute atomic E-state index is 0.180. The Hall–Kier alpha value is -2.60. The number of rotatable bonds is 4. The van der Waals surface area contributed by atoms with Crippen LogP contribution in [0.25, 0.3) is 17.4 Å². The lowest BCUT2D eigenvalue weighted by Gasteiger charge is -2.11. The van der Waals surface area contributed by atoms with Crippen LogP contribution in [0.3, 0.4) is 0 Å². The molecule has 0 unspecified atom stereocenters. The summed E-state index contributed by atoms with van der Waals surface area (Å²) in [6.07, 6.45) is 2.92. The van der Waals surface area contributed by atoms with Crippen LogP contribution in [0, 0.1) is 13.8 Å². The van der Waals surface area contributed by atoms with Crippen LogP contribution in [0.1, 0.15) is 16.9 Å². The third-order valence-electron chi connectivity index (χ3n) is 4.23. The molecule has 7 heteroatoms. The lowest BCUT2D eigenvalue weighted by Crippen LogP contribution is -2.33. The van der Waals surface area contributed by atoms with Gasteiger partial charge in [0.15, 0.2) is 5.11 Å². The minimum Gasteiger partial charge on any atom is -0.457 e. The van der Waals surface area contributed by atoms with Crippen molar-refractivity contribution in [3.05, 3.63) is 81.5 Å². The molecule has 0 fully saturated rings. The Bertz CT molecular complexity index is 1110. The van der Waals surface area contributed by atoms with Crippen molar-refractivity contribution in [2.45, 2.75) is 13.8 Å². The summed E-state index contributed by atoms with van der Waals surface area (Å²) in [6, 6.07) is 14.7. The van der Waals surface area contributed by atoms with Crippen molar-refractivity contribution in [1.29, 1.82) is 0 Å². The number of benzene rings is 2. The first-order valence-electron chi connectivity index (χ1n) is 8.75. The van der Waals surface area contributed by atoms with E-state index in [9.17, 15) is 4.79 Å². The number of amides is 1. The number of nitrogens with one attached hydrogen (secondary N) is 2. The zero-order valence-electron chi connectivity index (χ0n) is 15.8. The van der Waals surface area contributed by atoms with Crippen molar-refractivity contribution in [2.75, 3.05) is 5.32 Å². The number of halogens is 2. The van der Waals surface area contributed by atoms with Crippen LogP contribution in [0.4, 0.5) is 5.69 Å². The Morgan fingerprint density at radius 2 is 1.86 bits per heavy atom. The molecule has 0 spiro atoms. The summed E-state index contributed by atoms with van der Waals surface area (Å²) in [6.45, 7) is 3.80. The fourth-order valence-electron chi connectivity index (χ4n) is 2.55. The Morgan fingerprint density at radius 1 is 1.07 bits per heavy atom. The smallest absolute Gasteiger partial charge is 0.250 e. The molecule has 1 aromatic heterocycles. The first-order chi connectivity index (χ1) is 13.8. The van der Waals surface area contributed by atoms with Gasteiger partial charge in [0.1, 0.15) is 11.5 Å². The van der Waals surface area contributed by atoms with Crippen LogP contribution < -0.4 is 10.6 Å². The number of furan rings is 1. The number of thiocarbonyl (C=S) groups is 1. The van der Waals surface area contributed by atoms with E-state index in [1.54, 1.807) is 24.3 Å². The molecule has 148 valence electrons. The summed E-state index contributed by atoms with van der Waals surface area (Å²) in [4.78, 5) is 12.1. The third kappa shape index (κ3) is 5.48. The number of carbonyl (C=O) groups is 1. The van der Waals surface area contributed by atoms with E-state index in [4.69, 9.17) is 39.8 Å². The average molecular weight is 445 g/mol. The molecular formula is C22H18Cl2N2O2S. The van der Waals surface area contributed by atoms with Crippen molar-refractivity contribution >= 4 is 58.2 Å². The largest absolute Gasteiger partial charge is 0.457 e. The van der Waals surface area contributed by atoms with Crippen molar-refractivity contribution in [3.8, 4) is 11.3 Å². The van der Waals surface area contributed by atoms with Gasteiger partial charge < -0.3 is 9.73 Å². The fraction of sp³-hybridized carbons (Fsp3) is 0.0909. The molecule has 29 heavy (non-hydrogen) atoms. The molecule has 2 aromatic carbocycles. The Balaban J connectivity index is 1.60. The summed E-state index contributed by atoms with van der Waals surface area (Å²) in [7, 11) is 0. The fourth-order valence-corrected chi connectivity index (χ4v) is 3.12. The summed E-state index contributed by atoms with van der Waals surface area (Å²) < 4.78 is 5.76. The maximum Gasteiger partial charge on any atom is 0.250 e. The quantitative estimate of drug-likeness (QED) is 0.361. The highest BCUT2D eigenvalue weighted by Crippen LogP contribution is 2.27. The normalized spacial score (nSPS) is 10.9. The lowest BCUT2D eigenvalue weighted by atomic mass is 10.1. The van der Waals surface area contributed by atoms with Crippen molar-refractivity contribution in [1.82, 2.24) is 5.32 Å². The molecule has 3 rings (SSSR count). The first-order valence-corrected chi connectivity index (χ1v) is 9.91. The van der Waals surface area contributed by atoms with Crippen LogP contribution in [-0.4, -0.2) is 11.0 Å². The molecule has 0 radical (unpaired) electrons. The van der Waals surface area contributed by atoms with Crippen molar-refractivity contribution < 1.29 is 9.21 Å². The van der Waals surface area contributed by atoms with Gasteiger partial charge in [-0.2, -0.15) is 0 Å². The molecule has 0 atom stereocenters. The lowest BCUT2D eigenvalue weighted by molar-refractivity contribution is -0.115.